The third kappa shape index (κ3) is 4.98. The molecule has 0 unspecified atom stereocenters. The summed E-state index contributed by atoms with van der Waals surface area (Å²) in [5.41, 5.74) is 20.9. The Labute approximate surface area is 314 Å². The maximum absolute atomic E-state index is 3.96. The molecule has 0 aliphatic carbocycles. The highest BCUT2D eigenvalue weighted by Gasteiger charge is 2.21. The SMILES string of the molecule is CCc1c(CC)n2c3ccc2c(-c2ccccc2)c2ccc(c(-c4ccccc4)c4ccc([nH]4)c(-c4ccccc4)c4ccc([nH]4)c3-c3ccccc3)n12. The van der Waals surface area contributed by atoms with E-state index in [9.17, 15) is 0 Å². The molecule has 0 aliphatic rings. The van der Waals surface area contributed by atoms with Crippen molar-refractivity contribution in [3.8, 4) is 44.5 Å². The van der Waals surface area contributed by atoms with Crippen molar-refractivity contribution >= 4 is 44.1 Å². The molecule has 0 saturated carbocycles. The zero-order valence-electron chi connectivity index (χ0n) is 30.5. The largest absolute Gasteiger partial charge is 0.354 e. The number of nitrogens with zero attached hydrogens (tertiary/aromatic N) is 2. The molecule has 6 aromatic heterocycles. The third-order valence-electron chi connectivity index (χ3n) is 11.0. The van der Waals surface area contributed by atoms with Crippen molar-refractivity contribution in [2.45, 2.75) is 26.7 Å². The molecule has 6 heterocycles. The zero-order chi connectivity index (χ0) is 36.2. The summed E-state index contributed by atoms with van der Waals surface area (Å²) in [6, 6.07) is 61.7. The van der Waals surface area contributed by atoms with Crippen LogP contribution in [0, 0.1) is 0 Å². The van der Waals surface area contributed by atoms with Crippen LogP contribution in [0.25, 0.3) is 88.6 Å². The number of nitrogens with one attached hydrogen (secondary N) is 2. The second-order valence-corrected chi connectivity index (χ2v) is 14.0. The van der Waals surface area contributed by atoms with Crippen molar-refractivity contribution in [2.24, 2.45) is 0 Å². The van der Waals surface area contributed by atoms with Crippen molar-refractivity contribution in [3.05, 3.63) is 181 Å². The van der Waals surface area contributed by atoms with Crippen molar-refractivity contribution in [1.82, 2.24) is 18.8 Å². The van der Waals surface area contributed by atoms with E-state index in [2.05, 4.69) is 202 Å². The van der Waals surface area contributed by atoms with Crippen LogP contribution in [-0.4, -0.2) is 18.8 Å². The van der Waals surface area contributed by atoms with E-state index in [0.717, 1.165) is 57.1 Å². The van der Waals surface area contributed by atoms with Gasteiger partial charge in [-0.2, -0.15) is 0 Å². The predicted octanol–water partition coefficient (Wildman–Crippen LogP) is 13.2. The first-order valence-corrected chi connectivity index (χ1v) is 19.0. The molecule has 0 saturated heterocycles. The Bertz CT molecular complexity index is 2870. The summed E-state index contributed by atoms with van der Waals surface area (Å²) in [7, 11) is 0. The van der Waals surface area contributed by atoms with E-state index in [0.29, 0.717) is 0 Å². The van der Waals surface area contributed by atoms with Crippen LogP contribution in [0.1, 0.15) is 25.2 Å². The van der Waals surface area contributed by atoms with Crippen molar-refractivity contribution in [1.29, 1.82) is 0 Å². The van der Waals surface area contributed by atoms with Gasteiger partial charge in [0, 0.05) is 55.7 Å². The van der Waals surface area contributed by atoms with Gasteiger partial charge in [-0.05, 0) is 83.6 Å². The number of H-pyrrole nitrogens is 2. The Hall–Kier alpha value is -6.78. The number of rotatable bonds is 6. The molecule has 0 atom stereocenters. The molecular weight excluding hydrogens is 657 g/mol. The van der Waals surface area contributed by atoms with Gasteiger partial charge in [-0.25, -0.2) is 0 Å². The summed E-state index contributed by atoms with van der Waals surface area (Å²) in [4.78, 5) is 7.92. The molecular formula is C50H40N4. The monoisotopic (exact) mass is 696 g/mol. The molecule has 4 aromatic carbocycles. The van der Waals surface area contributed by atoms with Gasteiger partial charge >= 0.3 is 0 Å². The summed E-state index contributed by atoms with van der Waals surface area (Å²) in [6.45, 7) is 4.61. The fourth-order valence-electron chi connectivity index (χ4n) is 8.78. The van der Waals surface area contributed by atoms with Gasteiger partial charge in [-0.1, -0.05) is 135 Å². The predicted molar refractivity (Wildman–Crippen MR) is 228 cm³/mol. The van der Waals surface area contributed by atoms with E-state index >= 15 is 0 Å². The number of benzene rings is 4. The second kappa shape index (κ2) is 13.0. The number of aromatic nitrogens is 4. The second-order valence-electron chi connectivity index (χ2n) is 14.0. The minimum absolute atomic E-state index is 0.855. The van der Waals surface area contributed by atoms with Crippen LogP contribution in [0.5, 0.6) is 0 Å². The standard InChI is InChI=1S/C50H40N4/c1-3-41-42(4-2)54-44-30-32-46(54)50(36-23-15-8-16-24-36)45-31-29-43(53(41)45)48(34-19-11-6-12-20-34)39-27-25-37(51-39)47(33-17-9-5-10-18-33)38-26-28-40(52-38)49(44)35-21-13-7-14-22-35/h5-32,51-52H,3-4H2,1-2H3. The highest BCUT2D eigenvalue weighted by Crippen LogP contribution is 2.40. The normalized spacial score (nSPS) is 11.7. The number of hydrogen-bond donors (Lipinski definition) is 2. The number of fused-ring (bicyclic) bond motifs is 5. The number of hydrogen-bond acceptors (Lipinski definition) is 0. The third-order valence-corrected chi connectivity index (χ3v) is 11.0. The molecule has 54 heavy (non-hydrogen) atoms. The Balaban J connectivity index is 1.56. The zero-order valence-corrected chi connectivity index (χ0v) is 30.5. The molecule has 0 amide bonds. The average Bonchev–Trinajstić information content (AvgIpc) is 4.05. The van der Waals surface area contributed by atoms with E-state index in [1.165, 1.54) is 55.8 Å². The van der Waals surface area contributed by atoms with Crippen LogP contribution in [0.15, 0.2) is 170 Å². The topological polar surface area (TPSA) is 40.4 Å². The molecule has 4 heteroatoms. The Kier molecular flexibility index (Phi) is 7.69. The van der Waals surface area contributed by atoms with Crippen LogP contribution < -0.4 is 0 Å². The van der Waals surface area contributed by atoms with Gasteiger partial charge in [0.25, 0.3) is 0 Å². The first-order chi connectivity index (χ1) is 26.7. The lowest BCUT2D eigenvalue weighted by Gasteiger charge is -2.12. The minimum atomic E-state index is 0.855. The first-order valence-electron chi connectivity index (χ1n) is 19.0. The van der Waals surface area contributed by atoms with Crippen molar-refractivity contribution in [2.75, 3.05) is 0 Å². The summed E-state index contributed by atoms with van der Waals surface area (Å²) in [5, 5.41) is 0. The van der Waals surface area contributed by atoms with E-state index in [4.69, 9.17) is 0 Å². The van der Waals surface area contributed by atoms with Gasteiger partial charge in [0.1, 0.15) is 0 Å². The lowest BCUT2D eigenvalue weighted by molar-refractivity contribution is 0.898. The first kappa shape index (κ1) is 31.9. The molecule has 260 valence electrons. The van der Waals surface area contributed by atoms with Gasteiger partial charge in [0.05, 0.1) is 22.1 Å². The minimum Gasteiger partial charge on any atom is -0.354 e. The van der Waals surface area contributed by atoms with Gasteiger partial charge < -0.3 is 18.8 Å². The molecule has 6 bridgehead atoms. The van der Waals surface area contributed by atoms with Crippen LogP contribution in [-0.2, 0) is 12.8 Å². The molecule has 0 fully saturated rings. The maximum atomic E-state index is 3.96. The fraction of sp³-hybridized carbons (Fsp3) is 0.0800. The fourth-order valence-corrected chi connectivity index (χ4v) is 8.78. The molecule has 0 radical (unpaired) electrons. The van der Waals surface area contributed by atoms with Gasteiger partial charge in [-0.15, -0.1) is 0 Å². The number of aryl methyl sites for hydroxylation is 2. The highest BCUT2D eigenvalue weighted by molar-refractivity contribution is 6.04. The average molecular weight is 697 g/mol. The Morgan fingerprint density at radius 1 is 0.315 bits per heavy atom. The molecule has 2 N–H and O–H groups in total. The van der Waals surface area contributed by atoms with E-state index in [1.54, 1.807) is 0 Å². The van der Waals surface area contributed by atoms with Crippen LogP contribution in [0.2, 0.25) is 0 Å². The molecule has 10 aromatic rings. The molecule has 0 aliphatic heterocycles. The van der Waals surface area contributed by atoms with E-state index in [1.807, 2.05) is 0 Å². The summed E-state index contributed by atoms with van der Waals surface area (Å²) in [6.07, 6.45) is 1.71. The Morgan fingerprint density at radius 2 is 0.593 bits per heavy atom. The molecule has 10 rings (SSSR count). The lowest BCUT2D eigenvalue weighted by atomic mass is 10.0. The van der Waals surface area contributed by atoms with Gasteiger partial charge in [-0.3, -0.25) is 0 Å². The van der Waals surface area contributed by atoms with Crippen molar-refractivity contribution in [3.63, 3.8) is 0 Å². The van der Waals surface area contributed by atoms with Gasteiger partial charge in [0.15, 0.2) is 0 Å². The van der Waals surface area contributed by atoms with Gasteiger partial charge in [0.2, 0.25) is 0 Å². The number of aromatic amines is 2. The van der Waals surface area contributed by atoms with Crippen LogP contribution in [0.3, 0.4) is 0 Å². The summed E-state index contributed by atoms with van der Waals surface area (Å²) in [5.74, 6) is 0. The van der Waals surface area contributed by atoms with Crippen molar-refractivity contribution < 1.29 is 0 Å². The smallest absolute Gasteiger partial charge is 0.0559 e. The Morgan fingerprint density at radius 3 is 0.926 bits per heavy atom. The maximum Gasteiger partial charge on any atom is 0.0559 e. The molecule has 4 nitrogen and oxygen atoms in total. The summed E-state index contributed by atoms with van der Waals surface area (Å²) >= 11 is 0. The van der Waals surface area contributed by atoms with E-state index < -0.39 is 0 Å². The highest BCUT2D eigenvalue weighted by atomic mass is 15.0. The molecule has 0 spiro atoms. The van der Waals surface area contributed by atoms with E-state index in [-0.39, 0.29) is 0 Å². The summed E-state index contributed by atoms with van der Waals surface area (Å²) < 4.78 is 5.13. The van der Waals surface area contributed by atoms with Crippen LogP contribution in [0.4, 0.5) is 0 Å². The quantitative estimate of drug-likeness (QED) is 0.174. The van der Waals surface area contributed by atoms with Crippen LogP contribution >= 0.6 is 0 Å². The lowest BCUT2D eigenvalue weighted by Crippen LogP contribution is -2.03.